The molecule has 0 radical (unpaired) electrons. The summed E-state index contributed by atoms with van der Waals surface area (Å²) in [6.45, 7) is 1.99. The number of aliphatic hydroxyl groups is 1. The van der Waals surface area contributed by atoms with E-state index in [0.717, 1.165) is 43.4 Å². The highest BCUT2D eigenvalue weighted by Crippen LogP contribution is 2.48. The summed E-state index contributed by atoms with van der Waals surface area (Å²) in [6.07, 6.45) is 4.42. The van der Waals surface area contributed by atoms with Crippen LogP contribution in [-0.2, 0) is 16.0 Å². The number of Topliss-reactive ketones (excluding diaryl/α,β-unsaturated/α-hetero) is 1. The van der Waals surface area contributed by atoms with Crippen molar-refractivity contribution >= 4 is 17.4 Å². The Morgan fingerprint density at radius 1 is 1.09 bits per heavy atom. The molecule has 0 bridgehead atoms. The Labute approximate surface area is 198 Å². The van der Waals surface area contributed by atoms with E-state index in [1.807, 2.05) is 25.1 Å². The van der Waals surface area contributed by atoms with Crippen LogP contribution in [0.1, 0.15) is 55.3 Å². The SMILES string of the molecule is COc1cccc(C2/C(=C(\O)c3ccc4c(c3)CC(C)O4)C(=O)C(=O)N2C2CCCC2)c1OC. The molecule has 1 saturated heterocycles. The van der Waals surface area contributed by atoms with Crippen LogP contribution in [-0.4, -0.2) is 48.1 Å². The van der Waals surface area contributed by atoms with Gasteiger partial charge in [0.2, 0.25) is 0 Å². The number of rotatable bonds is 5. The van der Waals surface area contributed by atoms with Gasteiger partial charge in [0.15, 0.2) is 11.5 Å². The molecule has 178 valence electrons. The first kappa shape index (κ1) is 22.3. The number of hydrogen-bond acceptors (Lipinski definition) is 6. The standard InChI is InChI=1S/C27H29NO6/c1-15-13-17-14-16(11-12-20(17)34-15)24(29)22-23(19-9-6-10-21(32-2)26(19)33-3)28(27(31)25(22)30)18-7-4-5-8-18/h6,9-12,14-15,18,23,29H,4-5,7-8,13H2,1-3H3/b24-22+. The maximum Gasteiger partial charge on any atom is 0.295 e. The number of methoxy groups -OCH3 is 2. The third-order valence-electron chi connectivity index (χ3n) is 7.10. The monoisotopic (exact) mass is 463 g/mol. The number of fused-ring (bicyclic) bond motifs is 1. The fraction of sp³-hybridized carbons (Fsp3) is 0.407. The maximum absolute atomic E-state index is 13.4. The van der Waals surface area contributed by atoms with E-state index in [1.165, 1.54) is 7.11 Å². The molecular weight excluding hydrogens is 434 g/mol. The molecule has 2 aromatic rings. The molecule has 1 aliphatic carbocycles. The molecule has 0 spiro atoms. The van der Waals surface area contributed by atoms with Gasteiger partial charge in [-0.05, 0) is 49.6 Å². The van der Waals surface area contributed by atoms with E-state index in [-0.39, 0.29) is 23.5 Å². The van der Waals surface area contributed by atoms with Crippen molar-refractivity contribution < 1.29 is 28.9 Å². The van der Waals surface area contributed by atoms with Gasteiger partial charge >= 0.3 is 0 Å². The Morgan fingerprint density at radius 2 is 1.85 bits per heavy atom. The van der Waals surface area contributed by atoms with Crippen LogP contribution in [0.3, 0.4) is 0 Å². The van der Waals surface area contributed by atoms with Crippen LogP contribution in [0, 0.1) is 0 Å². The molecule has 1 saturated carbocycles. The summed E-state index contributed by atoms with van der Waals surface area (Å²) >= 11 is 0. The van der Waals surface area contributed by atoms with E-state index in [4.69, 9.17) is 14.2 Å². The average molecular weight is 464 g/mol. The molecule has 1 N–H and O–H groups in total. The number of carbonyl (C=O) groups is 2. The smallest absolute Gasteiger partial charge is 0.295 e. The number of para-hydroxylation sites is 1. The van der Waals surface area contributed by atoms with Crippen LogP contribution >= 0.6 is 0 Å². The Morgan fingerprint density at radius 3 is 2.56 bits per heavy atom. The van der Waals surface area contributed by atoms with Crippen molar-refractivity contribution in [2.24, 2.45) is 0 Å². The van der Waals surface area contributed by atoms with E-state index in [9.17, 15) is 14.7 Å². The highest BCUT2D eigenvalue weighted by atomic mass is 16.5. The number of ether oxygens (including phenoxy) is 3. The molecule has 7 heteroatoms. The first-order valence-electron chi connectivity index (χ1n) is 11.8. The van der Waals surface area contributed by atoms with Crippen molar-refractivity contribution in [2.75, 3.05) is 14.2 Å². The second-order valence-electron chi connectivity index (χ2n) is 9.18. The van der Waals surface area contributed by atoms with E-state index in [2.05, 4.69) is 0 Å². The highest BCUT2D eigenvalue weighted by molar-refractivity contribution is 6.46. The summed E-state index contributed by atoms with van der Waals surface area (Å²) in [7, 11) is 3.08. The van der Waals surface area contributed by atoms with E-state index in [0.29, 0.717) is 22.6 Å². The molecule has 2 heterocycles. The number of hydrogen-bond donors (Lipinski definition) is 1. The first-order chi connectivity index (χ1) is 16.4. The molecular formula is C27H29NO6. The van der Waals surface area contributed by atoms with Crippen LogP contribution in [0.4, 0.5) is 0 Å². The predicted octanol–water partition coefficient (Wildman–Crippen LogP) is 4.39. The molecule has 2 aromatic carbocycles. The second kappa shape index (κ2) is 8.70. The van der Waals surface area contributed by atoms with E-state index in [1.54, 1.807) is 30.2 Å². The summed E-state index contributed by atoms with van der Waals surface area (Å²) in [5.74, 6) is 0.283. The van der Waals surface area contributed by atoms with Gasteiger partial charge in [-0.25, -0.2) is 0 Å². The average Bonchev–Trinajstić information content (AvgIpc) is 3.55. The number of nitrogens with zero attached hydrogens (tertiary/aromatic N) is 1. The number of amides is 1. The molecule has 0 aromatic heterocycles. The number of aliphatic hydroxyl groups excluding tert-OH is 1. The summed E-state index contributed by atoms with van der Waals surface area (Å²) in [4.78, 5) is 28.4. The minimum atomic E-state index is -0.767. The molecule has 2 unspecified atom stereocenters. The number of carbonyl (C=O) groups excluding carboxylic acids is 2. The quantitative estimate of drug-likeness (QED) is 0.402. The number of ketones is 1. The lowest BCUT2D eigenvalue weighted by molar-refractivity contribution is -0.141. The van der Waals surface area contributed by atoms with Gasteiger partial charge in [0.05, 0.1) is 25.8 Å². The van der Waals surface area contributed by atoms with E-state index >= 15 is 0 Å². The summed E-state index contributed by atoms with van der Waals surface area (Å²) in [5.41, 5.74) is 2.16. The van der Waals surface area contributed by atoms with Crippen molar-refractivity contribution in [1.29, 1.82) is 0 Å². The van der Waals surface area contributed by atoms with Crippen molar-refractivity contribution in [3.63, 3.8) is 0 Å². The molecule has 5 rings (SSSR count). The van der Waals surface area contributed by atoms with Crippen molar-refractivity contribution in [3.8, 4) is 17.2 Å². The zero-order valence-electron chi connectivity index (χ0n) is 19.7. The highest BCUT2D eigenvalue weighted by Gasteiger charge is 2.50. The topological polar surface area (TPSA) is 85.3 Å². The van der Waals surface area contributed by atoms with Crippen LogP contribution in [0.25, 0.3) is 5.76 Å². The van der Waals surface area contributed by atoms with Gasteiger partial charge in [-0.3, -0.25) is 9.59 Å². The van der Waals surface area contributed by atoms with E-state index < -0.39 is 17.7 Å². The summed E-state index contributed by atoms with van der Waals surface area (Å²) in [5, 5.41) is 11.5. The Kier molecular flexibility index (Phi) is 5.71. The van der Waals surface area contributed by atoms with Gasteiger partial charge in [0.25, 0.3) is 11.7 Å². The van der Waals surface area contributed by atoms with Crippen molar-refractivity contribution in [3.05, 3.63) is 58.7 Å². The number of benzene rings is 2. The van der Waals surface area contributed by atoms with Gasteiger partial charge in [-0.1, -0.05) is 25.0 Å². The minimum Gasteiger partial charge on any atom is -0.507 e. The molecule has 34 heavy (non-hydrogen) atoms. The fourth-order valence-corrected chi connectivity index (χ4v) is 5.57. The van der Waals surface area contributed by atoms with Gasteiger partial charge in [-0.15, -0.1) is 0 Å². The minimum absolute atomic E-state index is 0.0568. The van der Waals surface area contributed by atoms with Crippen molar-refractivity contribution in [1.82, 2.24) is 4.90 Å². The molecule has 2 fully saturated rings. The Bertz CT molecular complexity index is 1180. The second-order valence-corrected chi connectivity index (χ2v) is 9.18. The molecule has 7 nitrogen and oxygen atoms in total. The van der Waals surface area contributed by atoms with Gasteiger partial charge in [0.1, 0.15) is 17.6 Å². The predicted molar refractivity (Wildman–Crippen MR) is 126 cm³/mol. The normalized spacial score (nSPS) is 23.8. The van der Waals surface area contributed by atoms with Gasteiger partial charge < -0.3 is 24.2 Å². The fourth-order valence-electron chi connectivity index (χ4n) is 5.57. The van der Waals surface area contributed by atoms with Crippen LogP contribution < -0.4 is 14.2 Å². The van der Waals surface area contributed by atoms with Gasteiger partial charge in [-0.2, -0.15) is 0 Å². The third-order valence-corrected chi connectivity index (χ3v) is 7.10. The van der Waals surface area contributed by atoms with Crippen LogP contribution in [0.2, 0.25) is 0 Å². The summed E-state index contributed by atoms with van der Waals surface area (Å²) in [6, 6.07) is 9.94. The van der Waals surface area contributed by atoms with Crippen LogP contribution in [0.5, 0.6) is 17.2 Å². The van der Waals surface area contributed by atoms with Gasteiger partial charge in [0, 0.05) is 23.6 Å². The molecule has 3 aliphatic rings. The lowest BCUT2D eigenvalue weighted by Crippen LogP contribution is -2.37. The van der Waals surface area contributed by atoms with Crippen molar-refractivity contribution in [2.45, 2.75) is 57.2 Å². The lowest BCUT2D eigenvalue weighted by atomic mass is 9.93. The Balaban J connectivity index is 1.70. The molecule has 2 aliphatic heterocycles. The lowest BCUT2D eigenvalue weighted by Gasteiger charge is -2.31. The largest absolute Gasteiger partial charge is 0.507 e. The third kappa shape index (κ3) is 3.50. The zero-order chi connectivity index (χ0) is 24.0. The van der Waals surface area contributed by atoms with Crippen LogP contribution in [0.15, 0.2) is 42.0 Å². The summed E-state index contributed by atoms with van der Waals surface area (Å²) < 4.78 is 16.9. The zero-order valence-corrected chi connectivity index (χ0v) is 19.7. The Hall–Kier alpha value is -3.48. The molecule has 2 atom stereocenters. The number of likely N-dealkylation sites (tertiary alicyclic amines) is 1. The maximum atomic E-state index is 13.4. The molecule has 1 amide bonds. The first-order valence-corrected chi connectivity index (χ1v) is 11.8.